The Hall–Kier alpha value is -4.45. The van der Waals surface area contributed by atoms with Crippen LogP contribution in [0.2, 0.25) is 0 Å². The van der Waals surface area contributed by atoms with E-state index in [1.807, 2.05) is 24.3 Å². The van der Waals surface area contributed by atoms with Crippen molar-refractivity contribution in [2.75, 3.05) is 0 Å². The first-order valence-corrected chi connectivity index (χ1v) is 13.9. The Balaban J connectivity index is 1.27. The highest BCUT2D eigenvalue weighted by atomic mass is 19.3. The van der Waals surface area contributed by atoms with Crippen molar-refractivity contribution in [1.29, 1.82) is 0 Å². The summed E-state index contributed by atoms with van der Waals surface area (Å²) in [4.78, 5) is 0. The van der Waals surface area contributed by atoms with Crippen molar-refractivity contribution in [1.82, 2.24) is 0 Å². The number of aryl methyl sites for hydroxylation is 1. The average Bonchev–Trinajstić information content (AvgIpc) is 2.98. The Kier molecular flexibility index (Phi) is 8.72. The SMILES string of the molecule is CCCCCc1ccc(-c2ccc(C(F)(F)Oc3ccc(-c4ccc(-c5ccc(F)cc5)c(F)c4)cc3)c(F)c2)cc1. The molecule has 0 atom stereocenters. The van der Waals surface area contributed by atoms with Crippen LogP contribution in [0.5, 0.6) is 5.75 Å². The van der Waals surface area contributed by atoms with E-state index >= 15 is 8.78 Å². The Morgan fingerprint density at radius 3 is 1.71 bits per heavy atom. The largest absolute Gasteiger partial charge is 0.429 e. The lowest BCUT2D eigenvalue weighted by Crippen LogP contribution is -2.23. The summed E-state index contributed by atoms with van der Waals surface area (Å²) < 4.78 is 77.8. The Bertz CT molecular complexity index is 1640. The molecule has 0 aliphatic carbocycles. The van der Waals surface area contributed by atoms with Gasteiger partial charge >= 0.3 is 6.11 Å². The zero-order chi connectivity index (χ0) is 29.7. The number of benzene rings is 5. The monoisotopic (exact) mass is 572 g/mol. The normalized spacial score (nSPS) is 11.5. The maximum absolute atomic E-state index is 15.0. The van der Waals surface area contributed by atoms with Gasteiger partial charge in [0.1, 0.15) is 23.2 Å². The average molecular weight is 573 g/mol. The molecule has 0 fully saturated rings. The zero-order valence-electron chi connectivity index (χ0n) is 23.0. The molecule has 0 N–H and O–H groups in total. The number of halogens is 5. The second kappa shape index (κ2) is 12.6. The molecule has 0 aromatic heterocycles. The summed E-state index contributed by atoms with van der Waals surface area (Å²) in [6, 6.07) is 27.0. The van der Waals surface area contributed by atoms with Gasteiger partial charge in [0.15, 0.2) is 0 Å². The first-order valence-electron chi connectivity index (χ1n) is 13.9. The van der Waals surface area contributed by atoms with E-state index in [4.69, 9.17) is 4.74 Å². The van der Waals surface area contributed by atoms with Crippen LogP contribution in [-0.4, -0.2) is 0 Å². The number of hydrogen-bond donors (Lipinski definition) is 0. The molecule has 0 unspecified atom stereocenters. The molecular weight excluding hydrogens is 543 g/mol. The van der Waals surface area contributed by atoms with Gasteiger partial charge in [-0.3, -0.25) is 0 Å². The molecule has 214 valence electrons. The molecule has 1 nitrogen and oxygen atoms in total. The third kappa shape index (κ3) is 6.71. The molecule has 0 amide bonds. The predicted molar refractivity (Wildman–Crippen MR) is 157 cm³/mol. The van der Waals surface area contributed by atoms with Crippen LogP contribution >= 0.6 is 0 Å². The molecule has 42 heavy (non-hydrogen) atoms. The summed E-state index contributed by atoms with van der Waals surface area (Å²) in [7, 11) is 0. The fourth-order valence-electron chi connectivity index (χ4n) is 4.85. The first-order chi connectivity index (χ1) is 20.2. The van der Waals surface area contributed by atoms with Crippen LogP contribution in [0.15, 0.2) is 109 Å². The first kappa shape index (κ1) is 29.1. The minimum Gasteiger partial charge on any atom is -0.429 e. The van der Waals surface area contributed by atoms with Gasteiger partial charge in [-0.05, 0) is 88.7 Å². The Morgan fingerprint density at radius 1 is 0.571 bits per heavy atom. The van der Waals surface area contributed by atoms with Gasteiger partial charge in [-0.25, -0.2) is 13.2 Å². The van der Waals surface area contributed by atoms with Gasteiger partial charge in [0, 0.05) is 5.56 Å². The molecule has 0 aliphatic rings. The minimum absolute atomic E-state index is 0.172. The van der Waals surface area contributed by atoms with Gasteiger partial charge in [0.05, 0.1) is 5.56 Å². The third-order valence-corrected chi connectivity index (χ3v) is 7.20. The van der Waals surface area contributed by atoms with Gasteiger partial charge in [-0.2, -0.15) is 8.78 Å². The van der Waals surface area contributed by atoms with Gasteiger partial charge in [-0.15, -0.1) is 0 Å². The van der Waals surface area contributed by atoms with Crippen molar-refractivity contribution in [3.63, 3.8) is 0 Å². The highest BCUT2D eigenvalue weighted by molar-refractivity contribution is 5.71. The van der Waals surface area contributed by atoms with E-state index in [0.717, 1.165) is 43.4 Å². The van der Waals surface area contributed by atoms with Crippen LogP contribution in [0.1, 0.15) is 37.3 Å². The summed E-state index contributed by atoms with van der Waals surface area (Å²) in [5, 5.41) is 0. The second-order valence-corrected chi connectivity index (χ2v) is 10.2. The van der Waals surface area contributed by atoms with E-state index in [1.54, 1.807) is 12.1 Å². The van der Waals surface area contributed by atoms with Gasteiger partial charge in [0.2, 0.25) is 0 Å². The second-order valence-electron chi connectivity index (χ2n) is 10.2. The molecule has 5 aromatic carbocycles. The molecule has 0 radical (unpaired) electrons. The highest BCUT2D eigenvalue weighted by Gasteiger charge is 2.37. The van der Waals surface area contributed by atoms with Crippen LogP contribution < -0.4 is 4.74 Å². The molecule has 5 aromatic rings. The standard InChI is InChI=1S/C36H29F5O/c1-2-3-4-5-24-6-8-25(9-7-24)29-15-21-33(35(39)23-29)36(40,41)42-31-18-12-26(13-19-31)28-14-20-32(34(38)22-28)27-10-16-30(37)17-11-27/h6-23H,2-5H2,1H3. The molecule has 0 aliphatic heterocycles. The molecule has 0 saturated heterocycles. The molecule has 0 heterocycles. The molecule has 5 rings (SSSR count). The van der Waals surface area contributed by atoms with E-state index in [1.165, 1.54) is 66.2 Å². The van der Waals surface area contributed by atoms with Crippen LogP contribution in [0.25, 0.3) is 33.4 Å². The predicted octanol–water partition coefficient (Wildman–Crippen LogP) is 11.0. The zero-order valence-corrected chi connectivity index (χ0v) is 23.0. The lowest BCUT2D eigenvalue weighted by molar-refractivity contribution is -0.187. The maximum Gasteiger partial charge on any atom is 0.429 e. The van der Waals surface area contributed by atoms with E-state index < -0.39 is 29.1 Å². The van der Waals surface area contributed by atoms with Crippen LogP contribution in [0.4, 0.5) is 22.0 Å². The number of hydrogen-bond acceptors (Lipinski definition) is 1. The minimum atomic E-state index is -3.92. The molecule has 0 saturated carbocycles. The van der Waals surface area contributed by atoms with Crippen molar-refractivity contribution in [3.05, 3.63) is 138 Å². The van der Waals surface area contributed by atoms with Gasteiger partial charge in [0.25, 0.3) is 0 Å². The van der Waals surface area contributed by atoms with Crippen molar-refractivity contribution in [2.45, 2.75) is 38.7 Å². The lowest BCUT2D eigenvalue weighted by atomic mass is 9.99. The van der Waals surface area contributed by atoms with Crippen molar-refractivity contribution >= 4 is 0 Å². The Morgan fingerprint density at radius 2 is 1.12 bits per heavy atom. The number of rotatable bonds is 10. The van der Waals surface area contributed by atoms with Crippen molar-refractivity contribution < 1.29 is 26.7 Å². The third-order valence-electron chi connectivity index (χ3n) is 7.20. The Labute approximate surface area is 242 Å². The molecular formula is C36H29F5O. The van der Waals surface area contributed by atoms with Gasteiger partial charge < -0.3 is 4.74 Å². The lowest BCUT2D eigenvalue weighted by Gasteiger charge is -2.19. The molecule has 0 spiro atoms. The molecule has 0 bridgehead atoms. The van der Waals surface area contributed by atoms with E-state index in [-0.39, 0.29) is 5.75 Å². The number of alkyl halides is 2. The van der Waals surface area contributed by atoms with E-state index in [9.17, 15) is 13.2 Å². The van der Waals surface area contributed by atoms with E-state index in [0.29, 0.717) is 27.8 Å². The molecule has 6 heteroatoms. The fourth-order valence-corrected chi connectivity index (χ4v) is 4.85. The summed E-state index contributed by atoms with van der Waals surface area (Å²) >= 11 is 0. The quantitative estimate of drug-likeness (QED) is 0.119. The number of ether oxygens (including phenoxy) is 1. The van der Waals surface area contributed by atoms with Crippen LogP contribution in [0, 0.1) is 17.5 Å². The van der Waals surface area contributed by atoms with Crippen molar-refractivity contribution in [2.24, 2.45) is 0 Å². The fraction of sp³-hybridized carbons (Fsp3) is 0.167. The van der Waals surface area contributed by atoms with Gasteiger partial charge in [-0.1, -0.05) is 86.5 Å². The topological polar surface area (TPSA) is 9.23 Å². The summed E-state index contributed by atoms with van der Waals surface area (Å²) in [6.07, 6.45) is 0.438. The number of unbranched alkanes of at least 4 members (excludes halogenated alkanes) is 2. The smallest absolute Gasteiger partial charge is 0.429 e. The maximum atomic E-state index is 15.0. The highest BCUT2D eigenvalue weighted by Crippen LogP contribution is 2.36. The summed E-state index contributed by atoms with van der Waals surface area (Å²) in [5.41, 5.74) is 3.48. The van der Waals surface area contributed by atoms with Crippen molar-refractivity contribution in [3.8, 4) is 39.1 Å². The van der Waals surface area contributed by atoms with Crippen LogP contribution in [0.3, 0.4) is 0 Å². The van der Waals surface area contributed by atoms with E-state index in [2.05, 4.69) is 6.92 Å². The summed E-state index contributed by atoms with van der Waals surface area (Å²) in [5.74, 6) is -2.16. The summed E-state index contributed by atoms with van der Waals surface area (Å²) in [6.45, 7) is 2.15. The van der Waals surface area contributed by atoms with Crippen LogP contribution in [-0.2, 0) is 12.5 Å².